The molecule has 1 aromatic rings. The van der Waals surface area contributed by atoms with Gasteiger partial charge in [0, 0.05) is 10.5 Å². The minimum Gasteiger partial charge on any atom is -0.464 e. The van der Waals surface area contributed by atoms with Crippen LogP contribution in [0.5, 0.6) is 0 Å². The van der Waals surface area contributed by atoms with E-state index in [4.69, 9.17) is 0 Å². The number of ether oxygens (including phenoxy) is 1. The van der Waals surface area contributed by atoms with Crippen LogP contribution in [0.15, 0.2) is 30.3 Å². The van der Waals surface area contributed by atoms with Gasteiger partial charge in [0.2, 0.25) is 6.10 Å². The normalized spacial score (nSPS) is 13.8. The first-order chi connectivity index (χ1) is 8.07. The molecule has 92 valence electrons. The van der Waals surface area contributed by atoms with Crippen LogP contribution in [0.3, 0.4) is 0 Å². The molecule has 0 radical (unpaired) electrons. The lowest BCUT2D eigenvalue weighted by Gasteiger charge is -2.14. The molecule has 1 N–H and O–H groups in total. The summed E-state index contributed by atoms with van der Waals surface area (Å²) in [5.41, 5.74) is 0.262. The van der Waals surface area contributed by atoms with Gasteiger partial charge in [0.15, 0.2) is 0 Å². The van der Waals surface area contributed by atoms with E-state index < -0.39 is 23.0 Å². The molecule has 1 aromatic carbocycles. The molecular formula is C11H13NO5. The predicted octanol–water partition coefficient (Wildman–Crippen LogP) is 0.928. The third kappa shape index (κ3) is 3.25. The monoisotopic (exact) mass is 239 g/mol. The van der Waals surface area contributed by atoms with Crippen molar-refractivity contribution in [3.05, 3.63) is 46.0 Å². The van der Waals surface area contributed by atoms with Gasteiger partial charge in [-0.1, -0.05) is 30.3 Å². The molecule has 0 amide bonds. The zero-order valence-corrected chi connectivity index (χ0v) is 9.28. The topological polar surface area (TPSA) is 89.7 Å². The number of rotatable bonds is 5. The average Bonchev–Trinajstić information content (AvgIpc) is 2.30. The minimum absolute atomic E-state index is 0.0646. The van der Waals surface area contributed by atoms with Crippen LogP contribution in [-0.4, -0.2) is 28.7 Å². The van der Waals surface area contributed by atoms with Gasteiger partial charge in [-0.25, -0.2) is 4.79 Å². The van der Waals surface area contributed by atoms with E-state index >= 15 is 0 Å². The largest absolute Gasteiger partial charge is 0.464 e. The number of carbonyl (C=O) groups excluding carboxylic acids is 1. The second kappa shape index (κ2) is 5.95. The highest BCUT2D eigenvalue weighted by Crippen LogP contribution is 2.21. The van der Waals surface area contributed by atoms with Crippen LogP contribution in [0.25, 0.3) is 0 Å². The maximum atomic E-state index is 11.3. The molecule has 0 saturated heterocycles. The van der Waals surface area contributed by atoms with Crippen molar-refractivity contribution in [2.24, 2.45) is 0 Å². The Morgan fingerprint density at radius 3 is 2.53 bits per heavy atom. The maximum absolute atomic E-state index is 11.3. The Hall–Kier alpha value is -1.95. The highest BCUT2D eigenvalue weighted by Gasteiger charge is 2.38. The lowest BCUT2D eigenvalue weighted by molar-refractivity contribution is -0.538. The van der Waals surface area contributed by atoms with E-state index in [1.807, 2.05) is 0 Å². The summed E-state index contributed by atoms with van der Waals surface area (Å²) < 4.78 is 4.56. The van der Waals surface area contributed by atoms with Crippen molar-refractivity contribution in [1.29, 1.82) is 0 Å². The van der Waals surface area contributed by atoms with Crippen LogP contribution in [-0.2, 0) is 9.53 Å². The maximum Gasteiger partial charge on any atom is 0.342 e. The Morgan fingerprint density at radius 2 is 2.06 bits per heavy atom. The van der Waals surface area contributed by atoms with E-state index in [2.05, 4.69) is 4.74 Å². The molecule has 0 aliphatic rings. The summed E-state index contributed by atoms with van der Waals surface area (Å²) >= 11 is 0. The summed E-state index contributed by atoms with van der Waals surface area (Å²) in [5, 5.41) is 20.5. The molecule has 0 fully saturated rings. The first-order valence-electron chi connectivity index (χ1n) is 5.11. The van der Waals surface area contributed by atoms with E-state index in [0.29, 0.717) is 0 Å². The number of carbonyl (C=O) groups is 1. The molecule has 17 heavy (non-hydrogen) atoms. The number of hydrogen-bond acceptors (Lipinski definition) is 5. The molecule has 0 aromatic heterocycles. The van der Waals surface area contributed by atoms with Crippen molar-refractivity contribution in [2.75, 3.05) is 6.61 Å². The van der Waals surface area contributed by atoms with Crippen molar-refractivity contribution in [3.8, 4) is 0 Å². The molecule has 6 nitrogen and oxygen atoms in total. The molecule has 0 aliphatic carbocycles. The molecule has 0 aliphatic heterocycles. The van der Waals surface area contributed by atoms with Gasteiger partial charge in [0.25, 0.3) is 6.04 Å². The van der Waals surface area contributed by atoms with Gasteiger partial charge in [-0.15, -0.1) is 0 Å². The van der Waals surface area contributed by atoms with Crippen LogP contribution in [0.1, 0.15) is 18.5 Å². The second-order valence-corrected chi connectivity index (χ2v) is 3.34. The Bertz CT molecular complexity index is 392. The lowest BCUT2D eigenvalue weighted by Crippen LogP contribution is -2.34. The summed E-state index contributed by atoms with van der Waals surface area (Å²) in [6, 6.07) is 6.35. The number of esters is 1. The van der Waals surface area contributed by atoms with E-state index in [0.717, 1.165) is 0 Å². The molecule has 0 heterocycles. The first-order valence-corrected chi connectivity index (χ1v) is 5.11. The standard InChI is InChI=1S/C11H13NO5/c1-2-17-11(14)10(13)9(12(15)16)8-6-4-3-5-7-8/h3-7,9-10,13H,2H2,1H3. The fraction of sp³-hybridized carbons (Fsp3) is 0.364. The fourth-order valence-electron chi connectivity index (χ4n) is 1.43. The molecule has 1 rings (SSSR count). The number of hydrogen-bond donors (Lipinski definition) is 1. The third-order valence-corrected chi connectivity index (χ3v) is 2.20. The number of aliphatic hydroxyl groups excluding tert-OH is 1. The van der Waals surface area contributed by atoms with E-state index in [1.165, 1.54) is 12.1 Å². The third-order valence-electron chi connectivity index (χ3n) is 2.20. The Kier molecular flexibility index (Phi) is 4.59. The number of benzene rings is 1. The van der Waals surface area contributed by atoms with Crippen molar-refractivity contribution in [1.82, 2.24) is 0 Å². The summed E-state index contributed by atoms with van der Waals surface area (Å²) in [7, 11) is 0. The summed E-state index contributed by atoms with van der Waals surface area (Å²) in [6.07, 6.45) is -1.80. The van der Waals surface area contributed by atoms with E-state index in [-0.39, 0.29) is 12.2 Å². The van der Waals surface area contributed by atoms with Crippen molar-refractivity contribution in [3.63, 3.8) is 0 Å². The second-order valence-electron chi connectivity index (χ2n) is 3.34. The van der Waals surface area contributed by atoms with Gasteiger partial charge in [-0.05, 0) is 6.92 Å². The Balaban J connectivity index is 2.94. The zero-order chi connectivity index (χ0) is 12.8. The van der Waals surface area contributed by atoms with Crippen LogP contribution in [0.2, 0.25) is 0 Å². The summed E-state index contributed by atoms with van der Waals surface area (Å²) in [5.74, 6) is -0.988. The predicted molar refractivity (Wildman–Crippen MR) is 58.8 cm³/mol. The number of aliphatic hydroxyl groups is 1. The van der Waals surface area contributed by atoms with Crippen molar-refractivity contribution >= 4 is 5.97 Å². The highest BCUT2D eigenvalue weighted by molar-refractivity contribution is 5.75. The van der Waals surface area contributed by atoms with Crippen molar-refractivity contribution < 1.29 is 19.6 Å². The molecule has 0 bridgehead atoms. The van der Waals surface area contributed by atoms with Crippen LogP contribution in [0, 0.1) is 10.1 Å². The lowest BCUT2D eigenvalue weighted by atomic mass is 10.0. The first kappa shape index (κ1) is 13.1. The molecule has 0 saturated carbocycles. The van der Waals surface area contributed by atoms with Gasteiger partial charge in [0.05, 0.1) is 6.61 Å². The minimum atomic E-state index is -1.80. The number of nitrogens with zero attached hydrogens (tertiary/aromatic N) is 1. The SMILES string of the molecule is CCOC(=O)C(O)C(c1ccccc1)[N+](=O)[O-]. The van der Waals surface area contributed by atoms with E-state index in [1.54, 1.807) is 25.1 Å². The molecule has 0 spiro atoms. The summed E-state index contributed by atoms with van der Waals surface area (Å²) in [4.78, 5) is 21.5. The molecular weight excluding hydrogens is 226 g/mol. The summed E-state index contributed by atoms with van der Waals surface area (Å²) in [6.45, 7) is 1.63. The fourth-order valence-corrected chi connectivity index (χ4v) is 1.43. The molecule has 2 atom stereocenters. The molecule has 6 heteroatoms. The van der Waals surface area contributed by atoms with Gasteiger partial charge in [-0.3, -0.25) is 10.1 Å². The van der Waals surface area contributed by atoms with Gasteiger partial charge < -0.3 is 9.84 Å². The average molecular weight is 239 g/mol. The van der Waals surface area contributed by atoms with Gasteiger partial charge in [-0.2, -0.15) is 0 Å². The zero-order valence-electron chi connectivity index (χ0n) is 9.28. The molecule has 2 unspecified atom stereocenters. The highest BCUT2D eigenvalue weighted by atomic mass is 16.6. The number of nitro groups is 1. The van der Waals surface area contributed by atoms with Crippen LogP contribution >= 0.6 is 0 Å². The Labute approximate surface area is 98.0 Å². The quantitative estimate of drug-likeness (QED) is 0.469. The van der Waals surface area contributed by atoms with E-state index in [9.17, 15) is 20.0 Å². The smallest absolute Gasteiger partial charge is 0.342 e. The Morgan fingerprint density at radius 1 is 1.47 bits per heavy atom. The van der Waals surface area contributed by atoms with Crippen molar-refractivity contribution in [2.45, 2.75) is 19.1 Å². The van der Waals surface area contributed by atoms with Gasteiger partial charge in [0.1, 0.15) is 0 Å². The van der Waals surface area contributed by atoms with Gasteiger partial charge >= 0.3 is 5.97 Å². The van der Waals surface area contributed by atoms with Crippen LogP contribution < -0.4 is 0 Å². The van der Waals surface area contributed by atoms with Crippen LogP contribution in [0.4, 0.5) is 0 Å².